The Morgan fingerprint density at radius 3 is 2.55 bits per heavy atom. The Kier molecular flexibility index (Phi) is 6.41. The van der Waals surface area contributed by atoms with Gasteiger partial charge < -0.3 is 14.1 Å². The zero-order chi connectivity index (χ0) is 33.6. The van der Waals surface area contributed by atoms with Crippen molar-refractivity contribution in [1.29, 1.82) is 0 Å². The summed E-state index contributed by atoms with van der Waals surface area (Å²) in [5, 5.41) is 4.07. The van der Waals surface area contributed by atoms with Crippen LogP contribution in [0.5, 0.6) is 5.75 Å². The lowest BCUT2D eigenvalue weighted by molar-refractivity contribution is 0.270. The molecule has 0 amide bonds. The highest BCUT2D eigenvalue weighted by Gasteiger charge is 2.39. The standard InChI is InChI=1S/C47H36NO2Si/c1-51-44-25-24-39-37-16-5-7-19-42(37)50-47(39)46(44)40-23-21-33(28-45(40)51)48(32-20-22-38-36-15-4-6-18-41(36)49-43(38)27-32)31-13-8-12-30(26-31)35-17-9-11-29-10-2-3-14-34(29)35/h2-5,7-17,19-28,34-35,37,42H,6,18H2,1H3. The Morgan fingerprint density at radius 2 is 1.57 bits per heavy atom. The molecule has 0 spiro atoms. The number of hydrogen-bond donors (Lipinski definition) is 0. The fourth-order valence-electron chi connectivity index (χ4n) is 9.22. The van der Waals surface area contributed by atoms with E-state index in [-0.39, 0.29) is 17.9 Å². The first-order valence-electron chi connectivity index (χ1n) is 18.2. The first kappa shape index (κ1) is 29.2. The van der Waals surface area contributed by atoms with E-state index in [0.29, 0.717) is 5.92 Å². The van der Waals surface area contributed by atoms with Gasteiger partial charge in [-0.3, -0.25) is 0 Å². The zero-order valence-corrected chi connectivity index (χ0v) is 29.4. The van der Waals surface area contributed by atoms with Crippen molar-refractivity contribution in [2.45, 2.75) is 37.3 Å². The Balaban J connectivity index is 1.05. The van der Waals surface area contributed by atoms with E-state index in [2.05, 4.69) is 163 Å². The Labute approximate surface area is 300 Å². The van der Waals surface area contributed by atoms with Gasteiger partial charge in [0.1, 0.15) is 32.0 Å². The number of rotatable bonds is 4. The lowest BCUT2D eigenvalue weighted by Gasteiger charge is -2.30. The van der Waals surface area contributed by atoms with Crippen molar-refractivity contribution >= 4 is 53.3 Å². The van der Waals surface area contributed by atoms with Gasteiger partial charge in [0, 0.05) is 69.4 Å². The highest BCUT2D eigenvalue weighted by atomic mass is 28.3. The van der Waals surface area contributed by atoms with Crippen LogP contribution >= 0.6 is 0 Å². The van der Waals surface area contributed by atoms with Crippen LogP contribution in [0.1, 0.15) is 40.7 Å². The molecule has 4 unspecified atom stereocenters. The fraction of sp³-hybridized carbons (Fsp3) is 0.149. The number of anilines is 3. The van der Waals surface area contributed by atoms with Gasteiger partial charge in [-0.15, -0.1) is 0 Å². The SMILES string of the molecule is C[Si]1c2cc(N(c3cccc(C4C=CC=C5C=CC=CC54)c3)c3ccc4c5c(oc4c3)CCC=C5)ccc2-c2c1ccc1c2OC2C=CC=CC12. The summed E-state index contributed by atoms with van der Waals surface area (Å²) in [7, 11) is -1.01. The number of benzene rings is 4. The van der Waals surface area contributed by atoms with Gasteiger partial charge in [0.05, 0.1) is 0 Å². The molecule has 0 saturated heterocycles. The van der Waals surface area contributed by atoms with E-state index in [1.54, 1.807) is 0 Å². The molecule has 51 heavy (non-hydrogen) atoms. The molecule has 5 aromatic rings. The number of hydrogen-bond acceptors (Lipinski definition) is 3. The molecule has 4 aliphatic carbocycles. The van der Waals surface area contributed by atoms with Gasteiger partial charge in [-0.05, 0) is 76.0 Å². The molecule has 0 fully saturated rings. The number of allylic oxidation sites excluding steroid dienone is 11. The molecule has 4 atom stereocenters. The lowest BCUT2D eigenvalue weighted by atomic mass is 9.76. The average Bonchev–Trinajstić information content (AvgIpc) is 3.84. The molecule has 0 saturated carbocycles. The molecule has 4 aromatic carbocycles. The number of aryl methyl sites for hydroxylation is 1. The quantitative estimate of drug-likeness (QED) is 0.178. The van der Waals surface area contributed by atoms with Crippen LogP contribution < -0.4 is 20.0 Å². The van der Waals surface area contributed by atoms with E-state index < -0.39 is 8.80 Å². The van der Waals surface area contributed by atoms with Gasteiger partial charge >= 0.3 is 0 Å². The van der Waals surface area contributed by atoms with Crippen molar-refractivity contribution < 1.29 is 9.15 Å². The third kappa shape index (κ3) is 4.42. The van der Waals surface area contributed by atoms with Crippen LogP contribution in [-0.4, -0.2) is 14.9 Å². The number of ether oxygens (including phenoxy) is 1. The minimum absolute atomic E-state index is 0.0819. The van der Waals surface area contributed by atoms with E-state index in [0.717, 1.165) is 47.0 Å². The van der Waals surface area contributed by atoms with Crippen molar-refractivity contribution in [2.75, 3.05) is 4.90 Å². The van der Waals surface area contributed by atoms with Crippen molar-refractivity contribution in [2.24, 2.45) is 5.92 Å². The molecule has 3 nitrogen and oxygen atoms in total. The van der Waals surface area contributed by atoms with E-state index in [9.17, 15) is 0 Å². The first-order valence-corrected chi connectivity index (χ1v) is 20.2. The maximum absolute atomic E-state index is 6.69. The minimum Gasteiger partial charge on any atom is -0.484 e. The van der Waals surface area contributed by atoms with Gasteiger partial charge in [-0.2, -0.15) is 0 Å². The summed E-state index contributed by atoms with van der Waals surface area (Å²) in [5.74, 6) is 3.08. The lowest BCUT2D eigenvalue weighted by Crippen LogP contribution is -2.34. The maximum Gasteiger partial charge on any atom is 0.137 e. The normalized spacial score (nSPS) is 23.0. The van der Waals surface area contributed by atoms with Gasteiger partial charge in [0.15, 0.2) is 0 Å². The summed E-state index contributed by atoms with van der Waals surface area (Å²) in [4.78, 5) is 2.43. The zero-order valence-electron chi connectivity index (χ0n) is 28.4. The summed E-state index contributed by atoms with van der Waals surface area (Å²) in [5.41, 5.74) is 12.2. The Hall–Kier alpha value is -5.58. The van der Waals surface area contributed by atoms with E-state index in [1.807, 2.05) is 0 Å². The summed E-state index contributed by atoms with van der Waals surface area (Å²) in [6.07, 6.45) is 31.0. The highest BCUT2D eigenvalue weighted by Crippen LogP contribution is 2.48. The number of nitrogens with zero attached hydrogens (tertiary/aromatic N) is 1. The van der Waals surface area contributed by atoms with Crippen LogP contribution in [0.25, 0.3) is 28.2 Å². The average molecular weight is 675 g/mol. The first-order chi connectivity index (χ1) is 25.2. The van der Waals surface area contributed by atoms with Crippen LogP contribution in [0.15, 0.2) is 156 Å². The number of fused-ring (bicyclic) bond motifs is 11. The third-order valence-electron chi connectivity index (χ3n) is 11.7. The molecular weight excluding hydrogens is 639 g/mol. The summed E-state index contributed by atoms with van der Waals surface area (Å²) >= 11 is 0. The third-order valence-corrected chi connectivity index (χ3v) is 14.2. The fourth-order valence-corrected chi connectivity index (χ4v) is 11.4. The minimum atomic E-state index is -1.01. The second-order valence-electron chi connectivity index (χ2n) is 14.5. The van der Waals surface area contributed by atoms with E-state index in [1.165, 1.54) is 49.2 Å². The summed E-state index contributed by atoms with van der Waals surface area (Å²) in [6.45, 7) is 2.44. The number of furan rings is 1. The predicted molar refractivity (Wildman–Crippen MR) is 212 cm³/mol. The second kappa shape index (κ2) is 11.2. The van der Waals surface area contributed by atoms with Gasteiger partial charge in [-0.1, -0.05) is 110 Å². The molecule has 1 radical (unpaired) electrons. The summed E-state index contributed by atoms with van der Waals surface area (Å²) in [6, 6.07) is 27.8. The van der Waals surface area contributed by atoms with Crippen molar-refractivity contribution in [3.63, 3.8) is 0 Å². The largest absolute Gasteiger partial charge is 0.484 e. The Bertz CT molecular complexity index is 2520. The predicted octanol–water partition coefficient (Wildman–Crippen LogP) is 10.4. The monoisotopic (exact) mass is 674 g/mol. The topological polar surface area (TPSA) is 25.6 Å². The highest BCUT2D eigenvalue weighted by molar-refractivity contribution is 6.88. The van der Waals surface area contributed by atoms with Crippen molar-refractivity contribution in [1.82, 2.24) is 0 Å². The summed E-state index contributed by atoms with van der Waals surface area (Å²) < 4.78 is 13.2. The van der Waals surface area contributed by atoms with Crippen LogP contribution in [-0.2, 0) is 6.42 Å². The molecule has 0 bridgehead atoms. The molecular formula is C47H36NO2Si. The van der Waals surface area contributed by atoms with Gasteiger partial charge in [0.2, 0.25) is 0 Å². The van der Waals surface area contributed by atoms with E-state index in [4.69, 9.17) is 9.15 Å². The molecule has 11 rings (SSSR count). The molecule has 4 heteroatoms. The molecule has 1 aromatic heterocycles. The van der Waals surface area contributed by atoms with Crippen LogP contribution in [0, 0.1) is 5.92 Å². The van der Waals surface area contributed by atoms with Crippen LogP contribution in [0.3, 0.4) is 0 Å². The van der Waals surface area contributed by atoms with Crippen LogP contribution in [0.4, 0.5) is 17.1 Å². The molecule has 3 heterocycles. The Morgan fingerprint density at radius 1 is 0.725 bits per heavy atom. The smallest absolute Gasteiger partial charge is 0.137 e. The van der Waals surface area contributed by atoms with E-state index >= 15 is 0 Å². The molecule has 245 valence electrons. The molecule has 6 aliphatic rings. The van der Waals surface area contributed by atoms with Crippen molar-refractivity contribution in [3.8, 4) is 16.9 Å². The second-order valence-corrected chi connectivity index (χ2v) is 16.8. The van der Waals surface area contributed by atoms with Crippen LogP contribution in [0.2, 0.25) is 6.55 Å². The van der Waals surface area contributed by atoms with Crippen molar-refractivity contribution in [3.05, 3.63) is 174 Å². The molecule has 2 aliphatic heterocycles. The van der Waals surface area contributed by atoms with Gasteiger partial charge in [0.25, 0.3) is 0 Å². The maximum atomic E-state index is 6.69. The molecule has 0 N–H and O–H groups in total. The van der Waals surface area contributed by atoms with Gasteiger partial charge in [-0.25, -0.2) is 0 Å².